The van der Waals surface area contributed by atoms with E-state index in [1.165, 1.54) is 11.3 Å². The Balaban J connectivity index is 2.92. The standard InChI is InChI=1S/C8H11ClN2O2S/c1-4-13-7(12)5-6(9)14-8(10-5)11(2)3/h4H2,1-3H3. The number of rotatable bonds is 3. The lowest BCUT2D eigenvalue weighted by Gasteiger charge is -2.05. The topological polar surface area (TPSA) is 42.4 Å². The Morgan fingerprint density at radius 2 is 2.29 bits per heavy atom. The number of hydrogen-bond acceptors (Lipinski definition) is 5. The zero-order valence-corrected chi connectivity index (χ0v) is 9.78. The van der Waals surface area contributed by atoms with E-state index in [1.54, 1.807) is 11.8 Å². The first-order valence-corrected chi connectivity index (χ1v) is 5.26. The van der Waals surface area contributed by atoms with Crippen LogP contribution in [0.15, 0.2) is 0 Å². The van der Waals surface area contributed by atoms with Crippen molar-refractivity contribution in [3.63, 3.8) is 0 Å². The van der Waals surface area contributed by atoms with Crippen LogP contribution >= 0.6 is 22.9 Å². The Kier molecular flexibility index (Phi) is 3.71. The molecule has 0 aliphatic carbocycles. The van der Waals surface area contributed by atoms with E-state index in [4.69, 9.17) is 16.3 Å². The van der Waals surface area contributed by atoms with Crippen LogP contribution in [0.2, 0.25) is 4.34 Å². The molecular weight excluding hydrogens is 224 g/mol. The minimum absolute atomic E-state index is 0.196. The van der Waals surface area contributed by atoms with Crippen LogP contribution in [0.1, 0.15) is 17.4 Å². The van der Waals surface area contributed by atoms with Crippen molar-refractivity contribution in [2.45, 2.75) is 6.92 Å². The molecule has 0 aromatic carbocycles. The number of halogens is 1. The first-order chi connectivity index (χ1) is 6.56. The quantitative estimate of drug-likeness (QED) is 0.751. The van der Waals surface area contributed by atoms with Gasteiger partial charge in [0.2, 0.25) is 0 Å². The third kappa shape index (κ3) is 2.36. The van der Waals surface area contributed by atoms with E-state index in [0.29, 0.717) is 16.1 Å². The molecule has 0 amide bonds. The molecule has 78 valence electrons. The maximum atomic E-state index is 11.3. The summed E-state index contributed by atoms with van der Waals surface area (Å²) < 4.78 is 5.17. The highest BCUT2D eigenvalue weighted by molar-refractivity contribution is 7.19. The van der Waals surface area contributed by atoms with Crippen molar-refractivity contribution < 1.29 is 9.53 Å². The molecule has 14 heavy (non-hydrogen) atoms. The lowest BCUT2D eigenvalue weighted by atomic mass is 10.5. The second-order valence-electron chi connectivity index (χ2n) is 2.73. The Labute approximate surface area is 91.5 Å². The van der Waals surface area contributed by atoms with Crippen molar-refractivity contribution in [1.29, 1.82) is 0 Å². The van der Waals surface area contributed by atoms with Crippen molar-refractivity contribution in [3.8, 4) is 0 Å². The molecular formula is C8H11ClN2O2S. The number of anilines is 1. The maximum absolute atomic E-state index is 11.3. The van der Waals surface area contributed by atoms with E-state index >= 15 is 0 Å². The molecule has 0 bridgehead atoms. The van der Waals surface area contributed by atoms with Crippen molar-refractivity contribution in [1.82, 2.24) is 4.98 Å². The third-order valence-corrected chi connectivity index (χ3v) is 2.85. The Morgan fingerprint density at radius 1 is 1.64 bits per heavy atom. The van der Waals surface area contributed by atoms with E-state index in [1.807, 2.05) is 14.1 Å². The van der Waals surface area contributed by atoms with Crippen LogP contribution in [0, 0.1) is 0 Å². The minimum atomic E-state index is -0.471. The number of nitrogens with zero attached hydrogens (tertiary/aromatic N) is 2. The molecule has 0 N–H and O–H groups in total. The number of aromatic nitrogens is 1. The molecule has 0 atom stereocenters. The minimum Gasteiger partial charge on any atom is -0.461 e. The van der Waals surface area contributed by atoms with Crippen LogP contribution in [0.4, 0.5) is 5.13 Å². The monoisotopic (exact) mass is 234 g/mol. The van der Waals surface area contributed by atoms with Gasteiger partial charge in [-0.2, -0.15) is 0 Å². The maximum Gasteiger partial charge on any atom is 0.359 e. The fourth-order valence-corrected chi connectivity index (χ4v) is 1.84. The van der Waals surface area contributed by atoms with E-state index in [0.717, 1.165) is 0 Å². The SMILES string of the molecule is CCOC(=O)c1nc(N(C)C)sc1Cl. The van der Waals surface area contributed by atoms with Crippen LogP contribution in [0.5, 0.6) is 0 Å². The Morgan fingerprint density at radius 3 is 2.71 bits per heavy atom. The molecule has 1 aromatic heterocycles. The van der Waals surface area contributed by atoms with Gasteiger partial charge in [-0.3, -0.25) is 0 Å². The van der Waals surface area contributed by atoms with Crippen molar-refractivity contribution >= 4 is 34.0 Å². The second-order valence-corrected chi connectivity index (χ2v) is 4.31. The molecule has 0 saturated carbocycles. The van der Waals surface area contributed by atoms with E-state index in [9.17, 15) is 4.79 Å². The van der Waals surface area contributed by atoms with Gasteiger partial charge in [-0.1, -0.05) is 22.9 Å². The number of esters is 1. The molecule has 1 rings (SSSR count). The van der Waals surface area contributed by atoms with Gasteiger partial charge >= 0.3 is 5.97 Å². The zero-order chi connectivity index (χ0) is 10.7. The molecule has 4 nitrogen and oxygen atoms in total. The fourth-order valence-electron chi connectivity index (χ4n) is 0.808. The molecule has 1 heterocycles. The van der Waals surface area contributed by atoms with E-state index < -0.39 is 5.97 Å². The summed E-state index contributed by atoms with van der Waals surface area (Å²) in [5.74, 6) is -0.471. The van der Waals surface area contributed by atoms with Gasteiger partial charge in [0.25, 0.3) is 0 Å². The van der Waals surface area contributed by atoms with Crippen LogP contribution < -0.4 is 4.90 Å². The third-order valence-electron chi connectivity index (χ3n) is 1.43. The summed E-state index contributed by atoms with van der Waals surface area (Å²) in [5.41, 5.74) is 0.196. The number of ether oxygens (including phenoxy) is 1. The zero-order valence-electron chi connectivity index (χ0n) is 8.20. The summed E-state index contributed by atoms with van der Waals surface area (Å²) in [5, 5.41) is 0.693. The highest BCUT2D eigenvalue weighted by Gasteiger charge is 2.18. The largest absolute Gasteiger partial charge is 0.461 e. The van der Waals surface area contributed by atoms with Crippen LogP contribution in [-0.4, -0.2) is 31.7 Å². The molecule has 0 aliphatic rings. The van der Waals surface area contributed by atoms with Gasteiger partial charge in [0.1, 0.15) is 4.34 Å². The van der Waals surface area contributed by atoms with Crippen molar-refractivity contribution in [2.75, 3.05) is 25.6 Å². The Bertz CT molecular complexity index is 338. The highest BCUT2D eigenvalue weighted by atomic mass is 35.5. The summed E-state index contributed by atoms with van der Waals surface area (Å²) in [6.45, 7) is 2.06. The molecule has 0 radical (unpaired) electrons. The number of carbonyl (C=O) groups excluding carboxylic acids is 1. The van der Waals surface area contributed by atoms with Crippen LogP contribution in [0.3, 0.4) is 0 Å². The number of carbonyl (C=O) groups is 1. The summed E-state index contributed by atoms with van der Waals surface area (Å²) >= 11 is 7.10. The molecule has 0 spiro atoms. The van der Waals surface area contributed by atoms with E-state index in [-0.39, 0.29) is 5.69 Å². The predicted molar refractivity (Wildman–Crippen MR) is 57.4 cm³/mol. The fraction of sp³-hybridized carbons (Fsp3) is 0.500. The van der Waals surface area contributed by atoms with Gasteiger partial charge in [-0.15, -0.1) is 0 Å². The second kappa shape index (κ2) is 4.61. The average Bonchev–Trinajstić information content (AvgIpc) is 2.48. The Hall–Kier alpha value is -0.810. The van der Waals surface area contributed by atoms with Gasteiger partial charge in [0, 0.05) is 14.1 Å². The summed E-state index contributed by atoms with van der Waals surface area (Å²) in [4.78, 5) is 17.2. The van der Waals surface area contributed by atoms with Gasteiger partial charge < -0.3 is 9.64 Å². The molecule has 0 aliphatic heterocycles. The van der Waals surface area contributed by atoms with Crippen molar-refractivity contribution in [3.05, 3.63) is 10.0 Å². The lowest BCUT2D eigenvalue weighted by Crippen LogP contribution is -2.10. The molecule has 1 aromatic rings. The van der Waals surface area contributed by atoms with E-state index in [2.05, 4.69) is 4.98 Å². The molecule has 0 unspecified atom stereocenters. The van der Waals surface area contributed by atoms with Gasteiger partial charge in [-0.25, -0.2) is 9.78 Å². The highest BCUT2D eigenvalue weighted by Crippen LogP contribution is 2.29. The first-order valence-electron chi connectivity index (χ1n) is 4.07. The summed E-state index contributed by atoms with van der Waals surface area (Å²) in [6.07, 6.45) is 0. The van der Waals surface area contributed by atoms with Gasteiger partial charge in [-0.05, 0) is 6.92 Å². The molecule has 6 heteroatoms. The van der Waals surface area contributed by atoms with Crippen LogP contribution in [-0.2, 0) is 4.74 Å². The summed E-state index contributed by atoms with van der Waals surface area (Å²) in [7, 11) is 3.67. The van der Waals surface area contributed by atoms with Gasteiger partial charge in [0.05, 0.1) is 6.61 Å². The summed E-state index contributed by atoms with van der Waals surface area (Å²) in [6, 6.07) is 0. The molecule has 0 fully saturated rings. The van der Waals surface area contributed by atoms with Crippen molar-refractivity contribution in [2.24, 2.45) is 0 Å². The normalized spacial score (nSPS) is 10.0. The van der Waals surface area contributed by atoms with Crippen LogP contribution in [0.25, 0.3) is 0 Å². The molecule has 0 saturated heterocycles. The van der Waals surface area contributed by atoms with Gasteiger partial charge in [0.15, 0.2) is 10.8 Å². The average molecular weight is 235 g/mol. The lowest BCUT2D eigenvalue weighted by molar-refractivity contribution is 0.0520. The predicted octanol–water partition coefficient (Wildman–Crippen LogP) is 2.04. The first kappa shape index (κ1) is 11.3. The number of thiazole rings is 1. The smallest absolute Gasteiger partial charge is 0.359 e. The number of hydrogen-bond donors (Lipinski definition) is 0.